The smallest absolute Gasteiger partial charge is 0.163 e. The van der Waals surface area contributed by atoms with Crippen LogP contribution in [0.25, 0.3) is 0 Å². The van der Waals surface area contributed by atoms with Crippen LogP contribution in [0.4, 0.5) is 14.5 Å². The van der Waals surface area contributed by atoms with E-state index in [0.29, 0.717) is 11.4 Å². The fourth-order valence-corrected chi connectivity index (χ4v) is 1.45. The quantitative estimate of drug-likeness (QED) is 0.904. The maximum absolute atomic E-state index is 13.3. The van der Waals surface area contributed by atoms with Crippen molar-refractivity contribution in [2.24, 2.45) is 0 Å². The molecule has 2 aromatic rings. The van der Waals surface area contributed by atoms with Gasteiger partial charge in [0.05, 0.1) is 11.9 Å². The molecular formula is C13H9F2N3. The Kier molecular flexibility index (Phi) is 3.49. The summed E-state index contributed by atoms with van der Waals surface area (Å²) in [5, 5.41) is 11.5. The number of pyridine rings is 1. The molecule has 1 aromatic carbocycles. The summed E-state index contributed by atoms with van der Waals surface area (Å²) in [6, 6.07) is 9.12. The fraction of sp³-hybridized carbons (Fsp3) is 0.0769. The number of benzene rings is 1. The minimum atomic E-state index is -0.868. The Morgan fingerprint density at radius 1 is 1.22 bits per heavy atom. The van der Waals surface area contributed by atoms with Crippen molar-refractivity contribution in [2.75, 3.05) is 5.32 Å². The zero-order chi connectivity index (χ0) is 13.0. The van der Waals surface area contributed by atoms with Gasteiger partial charge < -0.3 is 5.32 Å². The van der Waals surface area contributed by atoms with Gasteiger partial charge in [-0.25, -0.2) is 13.8 Å². The predicted molar refractivity (Wildman–Crippen MR) is 62.6 cm³/mol. The van der Waals surface area contributed by atoms with Gasteiger partial charge in [-0.1, -0.05) is 12.1 Å². The summed E-state index contributed by atoms with van der Waals surface area (Å²) in [4.78, 5) is 3.86. The molecule has 18 heavy (non-hydrogen) atoms. The van der Waals surface area contributed by atoms with E-state index in [0.717, 1.165) is 6.07 Å². The second kappa shape index (κ2) is 5.23. The molecule has 0 spiro atoms. The molecule has 5 heteroatoms. The van der Waals surface area contributed by atoms with E-state index in [9.17, 15) is 8.78 Å². The van der Waals surface area contributed by atoms with Crippen LogP contribution in [0.5, 0.6) is 0 Å². The number of aromatic nitrogens is 1. The van der Waals surface area contributed by atoms with Gasteiger partial charge in [0.15, 0.2) is 11.6 Å². The third kappa shape index (κ3) is 2.61. The van der Waals surface area contributed by atoms with Crippen LogP contribution >= 0.6 is 0 Å². The Hall–Kier alpha value is -2.48. The molecule has 0 saturated carbocycles. The van der Waals surface area contributed by atoms with Gasteiger partial charge in [0, 0.05) is 12.1 Å². The van der Waals surface area contributed by atoms with E-state index in [1.54, 1.807) is 12.1 Å². The zero-order valence-corrected chi connectivity index (χ0v) is 9.32. The largest absolute Gasteiger partial charge is 0.380 e. The summed E-state index contributed by atoms with van der Waals surface area (Å²) in [5.41, 5.74) is 1.18. The van der Waals surface area contributed by atoms with Crippen LogP contribution in [-0.4, -0.2) is 4.98 Å². The van der Waals surface area contributed by atoms with E-state index in [1.807, 2.05) is 6.07 Å². The highest BCUT2D eigenvalue weighted by Gasteiger charge is 2.06. The van der Waals surface area contributed by atoms with Crippen LogP contribution < -0.4 is 5.32 Å². The SMILES string of the molecule is N#Cc1ccc(NCc2cccc(F)c2F)cn1. The highest BCUT2D eigenvalue weighted by atomic mass is 19.2. The molecule has 0 fully saturated rings. The molecule has 0 radical (unpaired) electrons. The number of hydrogen-bond acceptors (Lipinski definition) is 3. The molecule has 0 aliphatic rings. The van der Waals surface area contributed by atoms with E-state index in [-0.39, 0.29) is 12.1 Å². The first-order chi connectivity index (χ1) is 8.70. The third-order valence-corrected chi connectivity index (χ3v) is 2.39. The topological polar surface area (TPSA) is 48.7 Å². The first-order valence-corrected chi connectivity index (χ1v) is 5.23. The molecule has 90 valence electrons. The van der Waals surface area contributed by atoms with E-state index in [4.69, 9.17) is 5.26 Å². The number of nitrogens with one attached hydrogen (secondary N) is 1. The normalized spacial score (nSPS) is 9.83. The Bertz CT molecular complexity index is 588. The van der Waals surface area contributed by atoms with Gasteiger partial charge in [-0.3, -0.25) is 0 Å². The number of hydrogen-bond donors (Lipinski definition) is 1. The first kappa shape index (κ1) is 12.0. The zero-order valence-electron chi connectivity index (χ0n) is 9.32. The van der Waals surface area contributed by atoms with E-state index in [1.165, 1.54) is 18.3 Å². The molecular weight excluding hydrogens is 236 g/mol. The van der Waals surface area contributed by atoms with Gasteiger partial charge in [0.2, 0.25) is 0 Å². The van der Waals surface area contributed by atoms with E-state index >= 15 is 0 Å². The Labute approximate surface area is 103 Å². The average molecular weight is 245 g/mol. The highest BCUT2D eigenvalue weighted by molar-refractivity contribution is 5.43. The standard InChI is InChI=1S/C13H9F2N3/c14-12-3-1-2-9(13(12)15)7-17-11-5-4-10(6-16)18-8-11/h1-5,8,17H,7H2. The molecule has 1 N–H and O–H groups in total. The van der Waals surface area contributed by atoms with Crippen LogP contribution in [0.15, 0.2) is 36.5 Å². The molecule has 0 unspecified atom stereocenters. The molecule has 0 bridgehead atoms. The van der Waals surface area contributed by atoms with Gasteiger partial charge in [-0.05, 0) is 18.2 Å². The number of nitrogens with zero attached hydrogens (tertiary/aromatic N) is 2. The van der Waals surface area contributed by atoms with E-state index < -0.39 is 11.6 Å². The molecule has 0 aliphatic carbocycles. The summed E-state index contributed by atoms with van der Waals surface area (Å²) < 4.78 is 26.3. The minimum Gasteiger partial charge on any atom is -0.380 e. The van der Waals surface area contributed by atoms with Crippen molar-refractivity contribution >= 4 is 5.69 Å². The molecule has 1 aromatic heterocycles. The van der Waals surface area contributed by atoms with Gasteiger partial charge in [-0.2, -0.15) is 5.26 Å². The summed E-state index contributed by atoms with van der Waals surface area (Å²) in [6.07, 6.45) is 1.47. The lowest BCUT2D eigenvalue weighted by Crippen LogP contribution is -2.03. The molecule has 0 amide bonds. The number of halogens is 2. The van der Waals surface area contributed by atoms with Crippen molar-refractivity contribution in [3.8, 4) is 6.07 Å². The number of nitriles is 1. The van der Waals surface area contributed by atoms with Gasteiger partial charge in [-0.15, -0.1) is 0 Å². The van der Waals surface area contributed by atoms with Gasteiger partial charge in [0.25, 0.3) is 0 Å². The lowest BCUT2D eigenvalue weighted by Gasteiger charge is -2.07. The van der Waals surface area contributed by atoms with Crippen molar-refractivity contribution in [3.63, 3.8) is 0 Å². The highest BCUT2D eigenvalue weighted by Crippen LogP contribution is 2.13. The second-order valence-electron chi connectivity index (χ2n) is 3.61. The van der Waals surface area contributed by atoms with Crippen LogP contribution in [0.1, 0.15) is 11.3 Å². The molecule has 3 nitrogen and oxygen atoms in total. The molecule has 0 atom stereocenters. The number of rotatable bonds is 3. The van der Waals surface area contributed by atoms with Crippen LogP contribution in [0.3, 0.4) is 0 Å². The monoisotopic (exact) mass is 245 g/mol. The predicted octanol–water partition coefficient (Wildman–Crippen LogP) is 2.84. The summed E-state index contributed by atoms with van der Waals surface area (Å²) in [7, 11) is 0. The Morgan fingerprint density at radius 3 is 2.72 bits per heavy atom. The maximum atomic E-state index is 13.3. The van der Waals surface area contributed by atoms with Crippen LogP contribution in [0.2, 0.25) is 0 Å². The third-order valence-electron chi connectivity index (χ3n) is 2.39. The Morgan fingerprint density at radius 2 is 2.06 bits per heavy atom. The molecule has 1 heterocycles. The van der Waals surface area contributed by atoms with Crippen LogP contribution in [-0.2, 0) is 6.54 Å². The molecule has 0 saturated heterocycles. The number of anilines is 1. The summed E-state index contributed by atoms with van der Waals surface area (Å²) in [5.74, 6) is -1.72. The Balaban J connectivity index is 2.07. The first-order valence-electron chi connectivity index (χ1n) is 5.23. The lowest BCUT2D eigenvalue weighted by atomic mass is 10.2. The van der Waals surface area contributed by atoms with Crippen LogP contribution in [0, 0.1) is 23.0 Å². The second-order valence-corrected chi connectivity index (χ2v) is 3.61. The average Bonchev–Trinajstić information content (AvgIpc) is 2.41. The summed E-state index contributed by atoms with van der Waals surface area (Å²) >= 11 is 0. The lowest BCUT2D eigenvalue weighted by molar-refractivity contribution is 0.500. The van der Waals surface area contributed by atoms with Crippen molar-refractivity contribution in [1.29, 1.82) is 5.26 Å². The van der Waals surface area contributed by atoms with E-state index in [2.05, 4.69) is 10.3 Å². The molecule has 2 rings (SSSR count). The fourth-order valence-electron chi connectivity index (χ4n) is 1.45. The van der Waals surface area contributed by atoms with Crippen molar-refractivity contribution in [1.82, 2.24) is 4.98 Å². The van der Waals surface area contributed by atoms with Gasteiger partial charge in [0.1, 0.15) is 11.8 Å². The minimum absolute atomic E-state index is 0.150. The maximum Gasteiger partial charge on any atom is 0.163 e. The van der Waals surface area contributed by atoms with Gasteiger partial charge >= 0.3 is 0 Å². The van der Waals surface area contributed by atoms with Crippen molar-refractivity contribution in [2.45, 2.75) is 6.54 Å². The summed E-state index contributed by atoms with van der Waals surface area (Å²) in [6.45, 7) is 0.150. The van der Waals surface area contributed by atoms with Crippen molar-refractivity contribution in [3.05, 3.63) is 59.4 Å². The molecule has 0 aliphatic heterocycles. The van der Waals surface area contributed by atoms with Crippen molar-refractivity contribution < 1.29 is 8.78 Å².